The van der Waals surface area contributed by atoms with Gasteiger partial charge in [0.25, 0.3) is 0 Å². The second-order valence-corrected chi connectivity index (χ2v) is 10.5. The number of hydrogen-bond acceptors (Lipinski definition) is 5. The Morgan fingerprint density at radius 1 is 1.08 bits per heavy atom. The number of sulfonamides is 1. The number of halogens is 5. The molecule has 1 aliphatic rings. The molecule has 0 spiro atoms. The van der Waals surface area contributed by atoms with Crippen LogP contribution in [0.2, 0.25) is 0 Å². The molecule has 2 aromatic carbocycles. The second kappa shape index (κ2) is 10.2. The van der Waals surface area contributed by atoms with E-state index in [9.17, 15) is 40.3 Å². The fourth-order valence-electron chi connectivity index (χ4n) is 4.19. The maximum absolute atomic E-state index is 14.2. The number of pyridine rings is 1. The van der Waals surface area contributed by atoms with Gasteiger partial charge in [-0.3, -0.25) is 9.78 Å². The quantitative estimate of drug-likeness (QED) is 0.430. The van der Waals surface area contributed by atoms with Gasteiger partial charge in [-0.15, -0.1) is 0 Å². The van der Waals surface area contributed by atoms with Crippen LogP contribution >= 0.6 is 0 Å². The molecule has 2 atom stereocenters. The average molecular weight is 541 g/mol. The first-order chi connectivity index (χ1) is 17.4. The summed E-state index contributed by atoms with van der Waals surface area (Å²) in [4.78, 5) is 16.8. The van der Waals surface area contributed by atoms with Crippen LogP contribution in [-0.4, -0.2) is 47.4 Å². The van der Waals surface area contributed by atoms with Crippen LogP contribution in [-0.2, 0) is 27.4 Å². The molecule has 1 aromatic heterocycles. The third kappa shape index (κ3) is 5.80. The smallest absolute Gasteiger partial charge is 0.416 e. The van der Waals surface area contributed by atoms with Crippen LogP contribution in [0.5, 0.6) is 5.75 Å². The van der Waals surface area contributed by atoms with E-state index in [0.29, 0.717) is 11.6 Å². The van der Waals surface area contributed by atoms with Crippen molar-refractivity contribution in [1.82, 2.24) is 9.29 Å². The molecule has 1 saturated heterocycles. The number of phenols is 1. The zero-order valence-corrected chi connectivity index (χ0v) is 19.9. The minimum Gasteiger partial charge on any atom is -0.507 e. The fraction of sp³-hybridized carbons (Fsp3) is 0.280. The van der Waals surface area contributed by atoms with E-state index in [1.807, 2.05) is 0 Å². The number of rotatable bonds is 7. The van der Waals surface area contributed by atoms with Gasteiger partial charge < -0.3 is 5.11 Å². The van der Waals surface area contributed by atoms with Crippen molar-refractivity contribution in [1.29, 1.82) is 0 Å². The number of aromatic hydroxyl groups is 1. The Hall–Kier alpha value is -3.38. The van der Waals surface area contributed by atoms with Crippen molar-refractivity contribution >= 4 is 15.8 Å². The van der Waals surface area contributed by atoms with Crippen LogP contribution in [0.3, 0.4) is 0 Å². The molecular weight excluding hydrogens is 519 g/mol. The number of alkyl halides is 4. The molecule has 0 saturated carbocycles. The molecule has 196 valence electrons. The molecule has 0 unspecified atom stereocenters. The third-order valence-electron chi connectivity index (χ3n) is 6.08. The van der Waals surface area contributed by atoms with E-state index in [0.717, 1.165) is 40.7 Å². The lowest BCUT2D eigenvalue weighted by molar-refractivity contribution is -0.137. The van der Waals surface area contributed by atoms with Crippen molar-refractivity contribution in [3.05, 3.63) is 77.7 Å². The fourth-order valence-corrected chi connectivity index (χ4v) is 5.84. The van der Waals surface area contributed by atoms with E-state index in [2.05, 4.69) is 4.98 Å². The Balaban J connectivity index is 1.49. The highest BCUT2D eigenvalue weighted by atomic mass is 32.2. The molecule has 12 heteroatoms. The van der Waals surface area contributed by atoms with Gasteiger partial charge in [0.15, 0.2) is 5.78 Å². The van der Waals surface area contributed by atoms with Crippen molar-refractivity contribution in [2.45, 2.75) is 42.5 Å². The maximum atomic E-state index is 14.2. The number of carbonyl (C=O) groups is 1. The number of aromatic nitrogens is 1. The summed E-state index contributed by atoms with van der Waals surface area (Å²) < 4.78 is 92.8. The summed E-state index contributed by atoms with van der Waals surface area (Å²) >= 11 is 0. The first kappa shape index (κ1) is 26.7. The lowest BCUT2D eigenvalue weighted by Crippen LogP contribution is -2.40. The Labute approximate surface area is 209 Å². The van der Waals surface area contributed by atoms with Crippen LogP contribution in [0.25, 0.3) is 11.3 Å². The number of benzene rings is 2. The Morgan fingerprint density at radius 2 is 1.78 bits per heavy atom. The van der Waals surface area contributed by atoms with Gasteiger partial charge in [-0.25, -0.2) is 17.2 Å². The zero-order valence-electron chi connectivity index (χ0n) is 19.1. The highest BCUT2D eigenvalue weighted by molar-refractivity contribution is 7.89. The highest BCUT2D eigenvalue weighted by Crippen LogP contribution is 2.36. The minimum atomic E-state index is -4.62. The van der Waals surface area contributed by atoms with Gasteiger partial charge in [0.05, 0.1) is 22.2 Å². The van der Waals surface area contributed by atoms with Crippen molar-refractivity contribution in [3.63, 3.8) is 0 Å². The van der Waals surface area contributed by atoms with Crippen LogP contribution in [0, 0.1) is 5.82 Å². The van der Waals surface area contributed by atoms with Gasteiger partial charge in [0.1, 0.15) is 17.7 Å². The predicted molar refractivity (Wildman–Crippen MR) is 123 cm³/mol. The number of nitrogens with zero attached hydrogens (tertiary/aromatic N) is 2. The standard InChI is InChI=1S/C25H21F5N2O4S/c26-17-3-5-19(6-4-17)37(35,36)32-14-18(27)13-22(32)23(33)8-1-15-9-10-31-21(11-15)20-7-2-16(12-24(20)34)25(28,29)30/h2-7,9-12,18,22,34H,1,8,13-14H2/t18-,22+/m1/s1. The van der Waals surface area contributed by atoms with Gasteiger partial charge >= 0.3 is 6.18 Å². The lowest BCUT2D eigenvalue weighted by atomic mass is 10.0. The molecule has 0 amide bonds. The van der Waals surface area contributed by atoms with Gasteiger partial charge in [0, 0.05) is 31.1 Å². The van der Waals surface area contributed by atoms with Crippen LogP contribution in [0.15, 0.2) is 65.7 Å². The van der Waals surface area contributed by atoms with E-state index >= 15 is 0 Å². The van der Waals surface area contributed by atoms with Crippen molar-refractivity contribution < 1.29 is 40.3 Å². The van der Waals surface area contributed by atoms with E-state index in [4.69, 9.17) is 0 Å². The zero-order chi connectivity index (χ0) is 27.0. The summed E-state index contributed by atoms with van der Waals surface area (Å²) in [6, 6.07) is 8.35. The monoisotopic (exact) mass is 540 g/mol. The lowest BCUT2D eigenvalue weighted by Gasteiger charge is -2.22. The van der Waals surface area contributed by atoms with Crippen LogP contribution < -0.4 is 0 Å². The van der Waals surface area contributed by atoms with Gasteiger partial charge in [-0.2, -0.15) is 17.5 Å². The molecule has 0 aliphatic carbocycles. The summed E-state index contributed by atoms with van der Waals surface area (Å²) in [5, 5.41) is 10.1. The first-order valence-electron chi connectivity index (χ1n) is 11.2. The molecule has 6 nitrogen and oxygen atoms in total. The van der Waals surface area contributed by atoms with Crippen molar-refractivity contribution in [2.24, 2.45) is 0 Å². The Kier molecular flexibility index (Phi) is 7.33. The third-order valence-corrected chi connectivity index (χ3v) is 7.97. The summed E-state index contributed by atoms with van der Waals surface area (Å²) in [5.74, 6) is -1.77. The van der Waals surface area contributed by atoms with Crippen molar-refractivity contribution in [3.8, 4) is 17.0 Å². The second-order valence-electron chi connectivity index (χ2n) is 8.62. The predicted octanol–water partition coefficient (Wildman–Crippen LogP) is 4.92. The largest absolute Gasteiger partial charge is 0.507 e. The molecule has 1 fully saturated rings. The number of carbonyl (C=O) groups excluding carboxylic acids is 1. The summed E-state index contributed by atoms with van der Waals surface area (Å²) in [7, 11) is -4.24. The topological polar surface area (TPSA) is 87.6 Å². The Bertz CT molecular complexity index is 1410. The molecule has 2 heterocycles. The SMILES string of the molecule is O=C(CCc1ccnc(-c2ccc(C(F)(F)F)cc2O)c1)[C@@H]1C[C@@H](F)CN1S(=O)(=O)c1ccc(F)cc1. The number of aryl methyl sites for hydroxylation is 1. The summed E-state index contributed by atoms with van der Waals surface area (Å²) in [6.45, 7) is -0.497. The summed E-state index contributed by atoms with van der Waals surface area (Å²) in [5.41, 5.74) is -0.214. The minimum absolute atomic E-state index is 0.0637. The maximum Gasteiger partial charge on any atom is 0.416 e. The molecule has 0 radical (unpaired) electrons. The van der Waals surface area contributed by atoms with E-state index in [1.54, 1.807) is 6.07 Å². The summed E-state index contributed by atoms with van der Waals surface area (Å²) in [6.07, 6.45) is -5.13. The number of hydrogen-bond donors (Lipinski definition) is 1. The van der Waals surface area contributed by atoms with Gasteiger partial charge in [0.2, 0.25) is 10.0 Å². The molecule has 0 bridgehead atoms. The molecule has 1 aliphatic heterocycles. The van der Waals surface area contributed by atoms with E-state index < -0.39 is 57.9 Å². The van der Waals surface area contributed by atoms with E-state index in [-0.39, 0.29) is 35.4 Å². The number of ketones is 1. The Morgan fingerprint density at radius 3 is 2.43 bits per heavy atom. The van der Waals surface area contributed by atoms with Crippen LogP contribution in [0.1, 0.15) is 24.0 Å². The van der Waals surface area contributed by atoms with Crippen LogP contribution in [0.4, 0.5) is 22.0 Å². The highest BCUT2D eigenvalue weighted by Gasteiger charge is 2.43. The number of Topliss-reactive ketones (excluding diaryl/α,β-unsaturated/α-hetero) is 1. The molecule has 1 N–H and O–H groups in total. The number of phenolic OH excluding ortho intramolecular Hbond substituents is 1. The average Bonchev–Trinajstić information content (AvgIpc) is 3.25. The van der Waals surface area contributed by atoms with Gasteiger partial charge in [-0.1, -0.05) is 0 Å². The van der Waals surface area contributed by atoms with Gasteiger partial charge in [-0.05, 0) is 66.6 Å². The normalized spacial score (nSPS) is 18.7. The molecular formula is C25H21F5N2O4S. The van der Waals surface area contributed by atoms with E-state index in [1.165, 1.54) is 12.3 Å². The molecule has 37 heavy (non-hydrogen) atoms. The molecule has 4 rings (SSSR count). The van der Waals surface area contributed by atoms with Crippen molar-refractivity contribution in [2.75, 3.05) is 6.54 Å². The molecule has 3 aromatic rings. The first-order valence-corrected chi connectivity index (χ1v) is 12.6.